The van der Waals surface area contributed by atoms with Gasteiger partial charge in [0.05, 0.1) is 25.7 Å². The van der Waals surface area contributed by atoms with Gasteiger partial charge in [-0.05, 0) is 28.1 Å². The normalized spacial score (nSPS) is 23.9. The van der Waals surface area contributed by atoms with E-state index in [1.54, 1.807) is 18.0 Å². The van der Waals surface area contributed by atoms with E-state index in [1.807, 2.05) is 6.07 Å². The third kappa shape index (κ3) is 2.88. The van der Waals surface area contributed by atoms with Crippen LogP contribution in [0.5, 0.6) is 0 Å². The van der Waals surface area contributed by atoms with Crippen LogP contribution in [0.2, 0.25) is 0 Å². The minimum atomic E-state index is -0.238. The molecule has 1 amide bonds. The first-order valence-corrected chi connectivity index (χ1v) is 6.19. The lowest BCUT2D eigenvalue weighted by molar-refractivity contribution is -0.135. The van der Waals surface area contributed by atoms with Gasteiger partial charge in [-0.2, -0.15) is 0 Å². The van der Waals surface area contributed by atoms with Gasteiger partial charge in [0.25, 0.3) is 0 Å². The largest absolute Gasteiger partial charge is 0.452 e. The molecule has 0 aromatic carbocycles. The van der Waals surface area contributed by atoms with Crippen molar-refractivity contribution in [1.29, 1.82) is 0 Å². The van der Waals surface area contributed by atoms with Gasteiger partial charge < -0.3 is 19.8 Å². The molecule has 1 aliphatic rings. The van der Waals surface area contributed by atoms with Gasteiger partial charge in [-0.3, -0.25) is 4.79 Å². The second-order valence-corrected chi connectivity index (χ2v) is 4.99. The third-order valence-electron chi connectivity index (χ3n) is 2.84. The fraction of sp³-hybridized carbons (Fsp3) is 0.545. The van der Waals surface area contributed by atoms with Crippen molar-refractivity contribution in [2.24, 2.45) is 11.7 Å². The Morgan fingerprint density at radius 2 is 2.35 bits per heavy atom. The summed E-state index contributed by atoms with van der Waals surface area (Å²) in [5, 5.41) is 0. The first-order chi connectivity index (χ1) is 8.08. The molecule has 2 unspecified atom stereocenters. The number of nitrogens with two attached hydrogens (primary N) is 1. The van der Waals surface area contributed by atoms with Crippen LogP contribution in [-0.2, 0) is 16.1 Å². The Morgan fingerprint density at radius 3 is 2.88 bits per heavy atom. The van der Waals surface area contributed by atoms with E-state index < -0.39 is 0 Å². The molecule has 1 aromatic rings. The summed E-state index contributed by atoms with van der Waals surface area (Å²) in [4.78, 5) is 13.7. The number of nitrogens with zero attached hydrogens (tertiary/aromatic N) is 1. The number of hydrogen-bond donors (Lipinski definition) is 1. The average Bonchev–Trinajstić information content (AvgIpc) is 2.86. The molecular weight excluding hydrogens is 288 g/mol. The molecule has 5 nitrogen and oxygen atoms in total. The highest BCUT2D eigenvalue weighted by Crippen LogP contribution is 2.18. The molecule has 0 aliphatic carbocycles. The Balaban J connectivity index is 1.95. The summed E-state index contributed by atoms with van der Waals surface area (Å²) >= 11 is 3.22. The van der Waals surface area contributed by atoms with Crippen LogP contribution in [-0.4, -0.2) is 37.1 Å². The number of carbonyl (C=O) groups is 1. The molecule has 2 N–H and O–H groups in total. The summed E-state index contributed by atoms with van der Waals surface area (Å²) in [6.45, 7) is 1.30. The molecular formula is C11H15BrN2O3. The summed E-state index contributed by atoms with van der Waals surface area (Å²) in [7, 11) is 1.74. The number of ether oxygens (including phenoxy) is 1. The first-order valence-electron chi connectivity index (χ1n) is 5.40. The van der Waals surface area contributed by atoms with Gasteiger partial charge in [0.1, 0.15) is 5.76 Å². The van der Waals surface area contributed by atoms with E-state index in [-0.39, 0.29) is 17.9 Å². The zero-order valence-electron chi connectivity index (χ0n) is 9.56. The monoisotopic (exact) mass is 302 g/mol. The fourth-order valence-electron chi connectivity index (χ4n) is 1.86. The van der Waals surface area contributed by atoms with E-state index in [4.69, 9.17) is 14.9 Å². The van der Waals surface area contributed by atoms with Gasteiger partial charge in [0, 0.05) is 13.1 Å². The lowest BCUT2D eigenvalue weighted by Gasteiger charge is -2.21. The number of halogens is 1. The van der Waals surface area contributed by atoms with Gasteiger partial charge in [-0.1, -0.05) is 0 Å². The van der Waals surface area contributed by atoms with Crippen molar-refractivity contribution < 1.29 is 13.9 Å². The summed E-state index contributed by atoms with van der Waals surface area (Å²) in [5.74, 6) is 0.501. The maximum absolute atomic E-state index is 12.1. The molecule has 2 rings (SSSR count). The molecule has 1 aromatic heterocycles. The van der Waals surface area contributed by atoms with Crippen LogP contribution in [0.15, 0.2) is 21.2 Å². The highest BCUT2D eigenvalue weighted by atomic mass is 79.9. The average molecular weight is 303 g/mol. The lowest BCUT2D eigenvalue weighted by Crippen LogP contribution is -2.41. The quantitative estimate of drug-likeness (QED) is 0.903. The molecule has 2 atom stereocenters. The van der Waals surface area contributed by atoms with Gasteiger partial charge in [-0.25, -0.2) is 0 Å². The van der Waals surface area contributed by atoms with Gasteiger partial charge >= 0.3 is 0 Å². The maximum Gasteiger partial charge on any atom is 0.229 e. The molecule has 0 saturated carbocycles. The molecule has 1 fully saturated rings. The predicted molar refractivity (Wildman–Crippen MR) is 65.2 cm³/mol. The van der Waals surface area contributed by atoms with Crippen LogP contribution in [0.3, 0.4) is 0 Å². The first kappa shape index (κ1) is 12.6. The van der Waals surface area contributed by atoms with Crippen molar-refractivity contribution in [3.8, 4) is 0 Å². The fourth-order valence-corrected chi connectivity index (χ4v) is 2.20. The van der Waals surface area contributed by atoms with Crippen LogP contribution in [0.4, 0.5) is 0 Å². The number of hydrogen-bond acceptors (Lipinski definition) is 4. The van der Waals surface area contributed by atoms with E-state index >= 15 is 0 Å². The highest BCUT2D eigenvalue weighted by Gasteiger charge is 2.33. The number of amides is 1. The van der Waals surface area contributed by atoms with Gasteiger partial charge in [0.15, 0.2) is 4.67 Å². The Labute approximate surface area is 108 Å². The molecule has 1 aliphatic heterocycles. The molecule has 17 heavy (non-hydrogen) atoms. The molecule has 94 valence electrons. The van der Waals surface area contributed by atoms with Crippen molar-refractivity contribution in [3.05, 3.63) is 22.6 Å². The standard InChI is InChI=1S/C11H15BrN2O3/c1-14(4-7-2-3-10(12)17-7)11(15)8-5-16-6-9(8)13/h2-3,8-9H,4-6,13H2,1H3. The SMILES string of the molecule is CN(Cc1ccc(Br)o1)C(=O)C1COCC1N. The van der Waals surface area contributed by atoms with Crippen LogP contribution >= 0.6 is 15.9 Å². The van der Waals surface area contributed by atoms with E-state index in [1.165, 1.54) is 0 Å². The van der Waals surface area contributed by atoms with Gasteiger partial charge in [0.2, 0.25) is 5.91 Å². The van der Waals surface area contributed by atoms with Crippen molar-refractivity contribution in [3.63, 3.8) is 0 Å². The topological polar surface area (TPSA) is 68.7 Å². The van der Waals surface area contributed by atoms with Crippen LogP contribution in [0, 0.1) is 5.92 Å². The van der Waals surface area contributed by atoms with E-state index in [9.17, 15) is 4.79 Å². The Hall–Kier alpha value is -0.850. The van der Waals surface area contributed by atoms with E-state index in [2.05, 4.69) is 15.9 Å². The second-order valence-electron chi connectivity index (χ2n) is 4.21. The van der Waals surface area contributed by atoms with E-state index in [0.717, 1.165) is 5.76 Å². The second kappa shape index (κ2) is 5.20. The van der Waals surface area contributed by atoms with Crippen LogP contribution in [0.1, 0.15) is 5.76 Å². The van der Waals surface area contributed by atoms with Crippen molar-refractivity contribution >= 4 is 21.8 Å². The van der Waals surface area contributed by atoms with Crippen LogP contribution in [0.25, 0.3) is 0 Å². The molecule has 0 bridgehead atoms. The minimum Gasteiger partial charge on any atom is -0.452 e. The van der Waals surface area contributed by atoms with Crippen molar-refractivity contribution in [2.45, 2.75) is 12.6 Å². The number of furan rings is 1. The zero-order valence-corrected chi connectivity index (χ0v) is 11.1. The summed E-state index contributed by atoms with van der Waals surface area (Å²) in [6, 6.07) is 3.44. The highest BCUT2D eigenvalue weighted by molar-refractivity contribution is 9.10. The van der Waals surface area contributed by atoms with Gasteiger partial charge in [-0.15, -0.1) is 0 Å². The summed E-state index contributed by atoms with van der Waals surface area (Å²) in [6.07, 6.45) is 0. The van der Waals surface area contributed by atoms with E-state index in [0.29, 0.717) is 24.4 Å². The summed E-state index contributed by atoms with van der Waals surface area (Å²) in [5.41, 5.74) is 5.81. The molecule has 1 saturated heterocycles. The Bertz CT molecular complexity index is 407. The zero-order chi connectivity index (χ0) is 12.4. The molecule has 6 heteroatoms. The number of rotatable bonds is 3. The lowest BCUT2D eigenvalue weighted by atomic mass is 10.0. The third-order valence-corrected chi connectivity index (χ3v) is 3.27. The molecule has 0 radical (unpaired) electrons. The number of carbonyl (C=O) groups excluding carboxylic acids is 1. The smallest absolute Gasteiger partial charge is 0.229 e. The predicted octanol–water partition coefficient (Wildman–Crippen LogP) is 0.974. The van der Waals surface area contributed by atoms with Crippen molar-refractivity contribution in [2.75, 3.05) is 20.3 Å². The Morgan fingerprint density at radius 1 is 1.59 bits per heavy atom. The minimum absolute atomic E-state index is 0.00234. The summed E-state index contributed by atoms with van der Waals surface area (Å²) < 4.78 is 11.2. The van der Waals surface area contributed by atoms with Crippen LogP contribution < -0.4 is 5.73 Å². The molecule has 2 heterocycles. The Kier molecular flexibility index (Phi) is 3.86. The van der Waals surface area contributed by atoms with Crippen molar-refractivity contribution in [1.82, 2.24) is 4.90 Å². The molecule has 0 spiro atoms. The maximum atomic E-state index is 12.1.